The predicted molar refractivity (Wildman–Crippen MR) is 50.9 cm³/mol. The highest BCUT2D eigenvalue weighted by atomic mass is 35.5. The van der Waals surface area contributed by atoms with Gasteiger partial charge < -0.3 is 0 Å². The van der Waals surface area contributed by atoms with Gasteiger partial charge in [-0.3, -0.25) is 0 Å². The smallest absolute Gasteiger partial charge is 0.0423 e. The molecule has 1 rings (SSSR count). The zero-order chi connectivity index (χ0) is 8.27. The number of aryl methyl sites for hydroxylation is 1. The molecule has 0 amide bonds. The van der Waals surface area contributed by atoms with Crippen LogP contribution < -0.4 is 0 Å². The lowest BCUT2D eigenvalue weighted by Crippen LogP contribution is -1.85. The Kier molecular flexibility index (Phi) is 3.50. The Balaban J connectivity index is 2.89. The fraction of sp³-hybridized carbons (Fsp3) is 0.250. The number of hydrogen-bond donors (Lipinski definition) is 0. The van der Waals surface area contributed by atoms with Crippen LogP contribution in [0.25, 0.3) is 0 Å². The van der Waals surface area contributed by atoms with Crippen molar-refractivity contribution in [3.63, 3.8) is 0 Å². The van der Waals surface area contributed by atoms with Crippen LogP contribution in [0.4, 0.5) is 0 Å². The highest BCUT2D eigenvalue weighted by Crippen LogP contribution is 2.19. The van der Waals surface area contributed by atoms with E-state index in [9.17, 15) is 0 Å². The van der Waals surface area contributed by atoms with Crippen molar-refractivity contribution >= 4 is 34.8 Å². The molecule has 0 aliphatic rings. The van der Waals surface area contributed by atoms with Gasteiger partial charge in [-0.1, -0.05) is 23.2 Å². The van der Waals surface area contributed by atoms with Crippen molar-refractivity contribution in [3.8, 4) is 0 Å². The topological polar surface area (TPSA) is 0 Å². The molecule has 0 fully saturated rings. The van der Waals surface area contributed by atoms with Crippen molar-refractivity contribution in [2.24, 2.45) is 0 Å². The fourth-order valence-corrected chi connectivity index (χ4v) is 1.65. The SMILES string of the molecule is ClCCc1cc(Cl)cc(Cl)c1. The van der Waals surface area contributed by atoms with Gasteiger partial charge in [0.1, 0.15) is 0 Å². The van der Waals surface area contributed by atoms with E-state index in [4.69, 9.17) is 34.8 Å². The van der Waals surface area contributed by atoms with E-state index in [1.54, 1.807) is 6.07 Å². The maximum atomic E-state index is 5.76. The molecule has 0 N–H and O–H groups in total. The summed E-state index contributed by atoms with van der Waals surface area (Å²) >= 11 is 17.1. The molecule has 0 aliphatic heterocycles. The van der Waals surface area contributed by atoms with E-state index < -0.39 is 0 Å². The molecule has 0 spiro atoms. The second-order valence-corrected chi connectivity index (χ2v) is 3.47. The van der Waals surface area contributed by atoms with Gasteiger partial charge in [-0.25, -0.2) is 0 Å². The summed E-state index contributed by atoms with van der Waals surface area (Å²) in [5, 5.41) is 1.33. The van der Waals surface area contributed by atoms with Crippen molar-refractivity contribution in [1.29, 1.82) is 0 Å². The minimum absolute atomic E-state index is 0.594. The largest absolute Gasteiger partial charge is 0.126 e. The summed E-state index contributed by atoms with van der Waals surface area (Å²) in [5.74, 6) is 0.594. The van der Waals surface area contributed by atoms with Gasteiger partial charge >= 0.3 is 0 Å². The Morgan fingerprint density at radius 3 is 2.00 bits per heavy atom. The van der Waals surface area contributed by atoms with E-state index in [1.807, 2.05) is 12.1 Å². The van der Waals surface area contributed by atoms with Crippen LogP contribution >= 0.6 is 34.8 Å². The lowest BCUT2D eigenvalue weighted by molar-refractivity contribution is 1.15. The van der Waals surface area contributed by atoms with Crippen LogP contribution in [0.5, 0.6) is 0 Å². The molecular formula is C8H7Cl3. The van der Waals surface area contributed by atoms with Crippen molar-refractivity contribution in [2.75, 3.05) is 5.88 Å². The summed E-state index contributed by atoms with van der Waals surface area (Å²) in [7, 11) is 0. The average molecular weight is 210 g/mol. The summed E-state index contributed by atoms with van der Waals surface area (Å²) in [6, 6.07) is 5.45. The molecule has 0 radical (unpaired) electrons. The van der Waals surface area contributed by atoms with Crippen LogP contribution in [0, 0.1) is 0 Å². The molecule has 3 heteroatoms. The van der Waals surface area contributed by atoms with Gasteiger partial charge in [-0.15, -0.1) is 11.6 Å². The fourth-order valence-electron chi connectivity index (χ4n) is 0.864. The number of alkyl halides is 1. The van der Waals surface area contributed by atoms with Gasteiger partial charge in [0.25, 0.3) is 0 Å². The van der Waals surface area contributed by atoms with Gasteiger partial charge in [-0.05, 0) is 30.2 Å². The normalized spacial score (nSPS) is 10.1. The summed E-state index contributed by atoms with van der Waals surface area (Å²) in [4.78, 5) is 0. The van der Waals surface area contributed by atoms with Crippen LogP contribution in [-0.4, -0.2) is 5.88 Å². The van der Waals surface area contributed by atoms with Crippen molar-refractivity contribution < 1.29 is 0 Å². The third-order valence-corrected chi connectivity index (χ3v) is 1.93. The standard InChI is InChI=1S/C8H7Cl3/c9-2-1-6-3-7(10)5-8(11)4-6/h3-5H,1-2H2. The molecular weight excluding hydrogens is 202 g/mol. The highest BCUT2D eigenvalue weighted by Gasteiger charge is 1.96. The predicted octanol–water partition coefficient (Wildman–Crippen LogP) is 3.77. The monoisotopic (exact) mass is 208 g/mol. The third kappa shape index (κ3) is 2.90. The van der Waals surface area contributed by atoms with E-state index >= 15 is 0 Å². The Labute approximate surface area is 81.1 Å². The zero-order valence-electron chi connectivity index (χ0n) is 5.78. The van der Waals surface area contributed by atoms with Crippen LogP contribution in [0.3, 0.4) is 0 Å². The minimum atomic E-state index is 0.594. The summed E-state index contributed by atoms with van der Waals surface area (Å²) < 4.78 is 0. The first-order chi connectivity index (χ1) is 5.22. The maximum Gasteiger partial charge on any atom is 0.0423 e. The van der Waals surface area contributed by atoms with E-state index in [2.05, 4.69) is 0 Å². The first-order valence-corrected chi connectivity index (χ1v) is 4.52. The molecule has 1 aromatic rings. The summed E-state index contributed by atoms with van der Waals surface area (Å²) in [5.41, 5.74) is 1.08. The van der Waals surface area contributed by atoms with Crippen molar-refractivity contribution in [3.05, 3.63) is 33.8 Å². The van der Waals surface area contributed by atoms with E-state index in [0.717, 1.165) is 12.0 Å². The molecule has 0 unspecified atom stereocenters. The lowest BCUT2D eigenvalue weighted by Gasteiger charge is -1.99. The molecule has 1 aromatic carbocycles. The first kappa shape index (κ1) is 9.18. The van der Waals surface area contributed by atoms with E-state index in [1.165, 1.54) is 0 Å². The number of benzene rings is 1. The molecule has 11 heavy (non-hydrogen) atoms. The Bertz CT molecular complexity index is 225. The van der Waals surface area contributed by atoms with Gasteiger partial charge in [0.05, 0.1) is 0 Å². The van der Waals surface area contributed by atoms with E-state index in [-0.39, 0.29) is 0 Å². The van der Waals surface area contributed by atoms with Gasteiger partial charge in [0.2, 0.25) is 0 Å². The number of rotatable bonds is 2. The molecule has 0 saturated heterocycles. The van der Waals surface area contributed by atoms with Crippen molar-refractivity contribution in [1.82, 2.24) is 0 Å². The molecule has 0 aromatic heterocycles. The first-order valence-electron chi connectivity index (χ1n) is 3.23. The van der Waals surface area contributed by atoms with Gasteiger partial charge in [0.15, 0.2) is 0 Å². The summed E-state index contributed by atoms with van der Waals surface area (Å²) in [6.45, 7) is 0. The minimum Gasteiger partial charge on any atom is -0.126 e. The van der Waals surface area contributed by atoms with Gasteiger partial charge in [-0.2, -0.15) is 0 Å². The Morgan fingerprint density at radius 1 is 1.00 bits per heavy atom. The third-order valence-electron chi connectivity index (χ3n) is 1.31. The lowest BCUT2D eigenvalue weighted by atomic mass is 10.2. The molecule has 60 valence electrons. The second-order valence-electron chi connectivity index (χ2n) is 2.22. The van der Waals surface area contributed by atoms with Crippen LogP contribution in [-0.2, 0) is 6.42 Å². The molecule has 0 aliphatic carbocycles. The maximum absolute atomic E-state index is 5.76. The average Bonchev–Trinajstić information content (AvgIpc) is 1.85. The van der Waals surface area contributed by atoms with Crippen LogP contribution in [0.1, 0.15) is 5.56 Å². The number of hydrogen-bond acceptors (Lipinski definition) is 0. The highest BCUT2D eigenvalue weighted by molar-refractivity contribution is 6.34. The molecule has 0 saturated carbocycles. The molecule has 0 atom stereocenters. The quantitative estimate of drug-likeness (QED) is 0.651. The van der Waals surface area contributed by atoms with Gasteiger partial charge in [0, 0.05) is 15.9 Å². The van der Waals surface area contributed by atoms with E-state index in [0.29, 0.717) is 15.9 Å². The summed E-state index contributed by atoms with van der Waals surface area (Å²) in [6.07, 6.45) is 0.807. The molecule has 0 heterocycles. The molecule has 0 bridgehead atoms. The number of halogens is 3. The zero-order valence-corrected chi connectivity index (χ0v) is 8.05. The van der Waals surface area contributed by atoms with Crippen LogP contribution in [0.15, 0.2) is 18.2 Å². The Hall–Kier alpha value is 0.0900. The van der Waals surface area contributed by atoms with Crippen LogP contribution in [0.2, 0.25) is 10.0 Å². The molecule has 0 nitrogen and oxygen atoms in total. The Morgan fingerprint density at radius 2 is 1.55 bits per heavy atom. The second kappa shape index (κ2) is 4.20. The van der Waals surface area contributed by atoms with Crippen molar-refractivity contribution in [2.45, 2.75) is 6.42 Å².